The van der Waals surface area contributed by atoms with E-state index in [4.69, 9.17) is 0 Å². The molecule has 0 bridgehead atoms. The highest BCUT2D eigenvalue weighted by Gasteiger charge is 2.41. The molecule has 1 aromatic carbocycles. The molecule has 2 atom stereocenters. The lowest BCUT2D eigenvalue weighted by Crippen LogP contribution is -2.30. The van der Waals surface area contributed by atoms with Gasteiger partial charge in [-0.2, -0.15) is 0 Å². The summed E-state index contributed by atoms with van der Waals surface area (Å²) in [6.07, 6.45) is 5.59. The summed E-state index contributed by atoms with van der Waals surface area (Å²) < 4.78 is 0. The quantitative estimate of drug-likeness (QED) is 0.799. The van der Waals surface area contributed by atoms with Gasteiger partial charge in [-0.05, 0) is 37.2 Å². The van der Waals surface area contributed by atoms with Gasteiger partial charge in [0.1, 0.15) is 0 Å². The van der Waals surface area contributed by atoms with Gasteiger partial charge in [0.25, 0.3) is 0 Å². The molecule has 1 aliphatic rings. The molecule has 1 N–H and O–H groups in total. The van der Waals surface area contributed by atoms with Crippen LogP contribution in [-0.2, 0) is 5.60 Å². The Hall–Kier alpha value is -0.820. The van der Waals surface area contributed by atoms with Crippen LogP contribution in [0.3, 0.4) is 0 Å². The van der Waals surface area contributed by atoms with E-state index >= 15 is 0 Å². The average molecular weight is 204 g/mol. The number of hydrogen-bond donors (Lipinski definition) is 1. The Morgan fingerprint density at radius 2 is 2.07 bits per heavy atom. The molecular formula is C14H20O. The highest BCUT2D eigenvalue weighted by atomic mass is 16.3. The first-order valence-electron chi connectivity index (χ1n) is 6.05. The van der Waals surface area contributed by atoms with Gasteiger partial charge in [-0.1, -0.05) is 43.7 Å². The van der Waals surface area contributed by atoms with E-state index < -0.39 is 5.60 Å². The fourth-order valence-electron chi connectivity index (χ4n) is 2.90. The van der Waals surface area contributed by atoms with Crippen molar-refractivity contribution >= 4 is 0 Å². The largest absolute Gasteiger partial charge is 0.385 e. The van der Waals surface area contributed by atoms with Gasteiger partial charge in [0.05, 0.1) is 5.60 Å². The topological polar surface area (TPSA) is 20.2 Å². The third-order valence-electron chi connectivity index (χ3n) is 3.70. The molecule has 1 saturated carbocycles. The first kappa shape index (κ1) is 10.7. The maximum Gasteiger partial charge on any atom is 0.0924 e. The van der Waals surface area contributed by atoms with E-state index in [-0.39, 0.29) is 0 Å². The summed E-state index contributed by atoms with van der Waals surface area (Å²) in [5.41, 5.74) is 0.568. The molecule has 0 heterocycles. The summed E-state index contributed by atoms with van der Waals surface area (Å²) in [6, 6.07) is 10.2. The van der Waals surface area contributed by atoms with Crippen molar-refractivity contribution in [3.63, 3.8) is 0 Å². The van der Waals surface area contributed by atoms with Crippen LogP contribution in [0.1, 0.15) is 44.6 Å². The maximum absolute atomic E-state index is 10.8. The Balaban J connectivity index is 2.25. The van der Waals surface area contributed by atoms with E-state index in [9.17, 15) is 5.11 Å². The molecule has 1 fully saturated rings. The summed E-state index contributed by atoms with van der Waals surface area (Å²) in [5, 5.41) is 10.8. The second kappa shape index (κ2) is 4.36. The van der Waals surface area contributed by atoms with Gasteiger partial charge in [-0.25, -0.2) is 0 Å². The number of hydrogen-bond acceptors (Lipinski definition) is 1. The molecule has 0 unspecified atom stereocenters. The Labute approximate surface area is 92.1 Å². The van der Waals surface area contributed by atoms with Gasteiger partial charge in [0.15, 0.2) is 0 Å². The minimum Gasteiger partial charge on any atom is -0.385 e. The van der Waals surface area contributed by atoms with Crippen molar-refractivity contribution < 1.29 is 5.11 Å². The molecule has 82 valence electrons. The molecule has 0 saturated heterocycles. The molecule has 0 amide bonds. The monoisotopic (exact) mass is 204 g/mol. The Bertz CT molecular complexity index is 306. The van der Waals surface area contributed by atoms with Crippen LogP contribution >= 0.6 is 0 Å². The fourth-order valence-corrected chi connectivity index (χ4v) is 2.90. The summed E-state index contributed by atoms with van der Waals surface area (Å²) in [6.45, 7) is 2.20. The number of rotatable bonds is 3. The van der Waals surface area contributed by atoms with Gasteiger partial charge < -0.3 is 5.11 Å². The molecule has 1 nitrogen and oxygen atoms in total. The van der Waals surface area contributed by atoms with Crippen LogP contribution in [0.5, 0.6) is 0 Å². The molecule has 2 rings (SSSR count). The lowest BCUT2D eigenvalue weighted by molar-refractivity contribution is -0.00592. The van der Waals surface area contributed by atoms with Crippen LogP contribution in [-0.4, -0.2) is 5.11 Å². The molecule has 0 spiro atoms. The molecule has 0 radical (unpaired) electrons. The highest BCUT2D eigenvalue weighted by Crippen LogP contribution is 2.45. The molecule has 0 aromatic heterocycles. The normalized spacial score (nSPS) is 30.7. The summed E-state index contributed by atoms with van der Waals surface area (Å²) in [4.78, 5) is 0. The minimum absolute atomic E-state index is 0.463. The zero-order valence-electron chi connectivity index (χ0n) is 9.45. The van der Waals surface area contributed by atoms with Crippen molar-refractivity contribution in [1.29, 1.82) is 0 Å². The van der Waals surface area contributed by atoms with E-state index in [2.05, 4.69) is 19.1 Å². The first-order valence-corrected chi connectivity index (χ1v) is 6.05. The van der Waals surface area contributed by atoms with Crippen LogP contribution in [0, 0.1) is 5.92 Å². The lowest BCUT2D eigenvalue weighted by Gasteiger charge is -2.30. The van der Waals surface area contributed by atoms with Crippen LogP contribution in [0.15, 0.2) is 30.3 Å². The summed E-state index contributed by atoms with van der Waals surface area (Å²) >= 11 is 0. The van der Waals surface area contributed by atoms with Crippen molar-refractivity contribution in [2.24, 2.45) is 5.92 Å². The van der Waals surface area contributed by atoms with E-state index in [0.29, 0.717) is 5.92 Å². The van der Waals surface area contributed by atoms with Crippen LogP contribution in [0.4, 0.5) is 0 Å². The van der Waals surface area contributed by atoms with Gasteiger partial charge in [-0.3, -0.25) is 0 Å². The predicted octanol–water partition coefficient (Wildman–Crippen LogP) is 3.47. The Kier molecular flexibility index (Phi) is 3.11. The van der Waals surface area contributed by atoms with Crippen molar-refractivity contribution in [3.8, 4) is 0 Å². The van der Waals surface area contributed by atoms with Crippen LogP contribution in [0.25, 0.3) is 0 Å². The van der Waals surface area contributed by atoms with E-state index in [1.807, 2.05) is 18.2 Å². The molecule has 1 heteroatoms. The molecule has 1 aromatic rings. The van der Waals surface area contributed by atoms with Gasteiger partial charge in [0, 0.05) is 0 Å². The zero-order chi connectivity index (χ0) is 10.7. The zero-order valence-corrected chi connectivity index (χ0v) is 9.45. The summed E-state index contributed by atoms with van der Waals surface area (Å²) in [5.74, 6) is 0.463. The third-order valence-corrected chi connectivity index (χ3v) is 3.70. The molecule has 1 aliphatic carbocycles. The summed E-state index contributed by atoms with van der Waals surface area (Å²) in [7, 11) is 0. The highest BCUT2D eigenvalue weighted by molar-refractivity contribution is 5.24. The third kappa shape index (κ3) is 1.93. The van der Waals surface area contributed by atoms with E-state index in [1.165, 1.54) is 12.8 Å². The second-order valence-electron chi connectivity index (χ2n) is 4.67. The number of benzene rings is 1. The Morgan fingerprint density at radius 3 is 2.73 bits per heavy atom. The fraction of sp³-hybridized carbons (Fsp3) is 0.571. The van der Waals surface area contributed by atoms with Gasteiger partial charge in [-0.15, -0.1) is 0 Å². The maximum atomic E-state index is 10.8. The second-order valence-corrected chi connectivity index (χ2v) is 4.67. The average Bonchev–Trinajstić information content (AvgIpc) is 2.64. The van der Waals surface area contributed by atoms with E-state index in [0.717, 1.165) is 24.8 Å². The minimum atomic E-state index is -0.544. The van der Waals surface area contributed by atoms with Crippen molar-refractivity contribution in [3.05, 3.63) is 35.9 Å². The molecule has 0 aliphatic heterocycles. The van der Waals surface area contributed by atoms with Crippen LogP contribution < -0.4 is 0 Å². The predicted molar refractivity (Wildman–Crippen MR) is 62.6 cm³/mol. The number of aliphatic hydroxyl groups is 1. The van der Waals surface area contributed by atoms with Gasteiger partial charge >= 0.3 is 0 Å². The SMILES string of the molecule is CCC[C@H]1CCC[C@@]1(O)c1ccccc1. The van der Waals surface area contributed by atoms with Crippen molar-refractivity contribution in [2.75, 3.05) is 0 Å². The van der Waals surface area contributed by atoms with Crippen molar-refractivity contribution in [1.82, 2.24) is 0 Å². The molecular weight excluding hydrogens is 184 g/mol. The van der Waals surface area contributed by atoms with Crippen LogP contribution in [0.2, 0.25) is 0 Å². The lowest BCUT2D eigenvalue weighted by atomic mass is 9.81. The van der Waals surface area contributed by atoms with Gasteiger partial charge in [0.2, 0.25) is 0 Å². The van der Waals surface area contributed by atoms with E-state index in [1.54, 1.807) is 0 Å². The first-order chi connectivity index (χ1) is 7.27. The Morgan fingerprint density at radius 1 is 1.33 bits per heavy atom. The smallest absolute Gasteiger partial charge is 0.0924 e. The molecule has 15 heavy (non-hydrogen) atoms. The van der Waals surface area contributed by atoms with Crippen molar-refractivity contribution in [2.45, 2.75) is 44.6 Å². The standard InChI is InChI=1S/C14H20O/c1-2-7-12-10-6-11-14(12,15)13-8-4-3-5-9-13/h3-5,8-9,12,15H,2,6-7,10-11H2,1H3/t12-,14-/m0/s1.